The fraction of sp³-hybridized carbons (Fsp3) is 0.136. The van der Waals surface area contributed by atoms with E-state index in [1.807, 2.05) is 48.5 Å². The van der Waals surface area contributed by atoms with Crippen molar-refractivity contribution in [2.45, 2.75) is 13.0 Å². The molecule has 0 aliphatic carbocycles. The zero-order chi connectivity index (χ0) is 19.1. The average molecular weight is 362 g/mol. The first-order valence-corrected chi connectivity index (χ1v) is 8.66. The highest BCUT2D eigenvalue weighted by molar-refractivity contribution is 5.74. The Hall–Kier alpha value is -3.31. The summed E-state index contributed by atoms with van der Waals surface area (Å²) in [4.78, 5) is 10.6. The highest BCUT2D eigenvalue weighted by Gasteiger charge is 2.10. The van der Waals surface area contributed by atoms with Gasteiger partial charge in [-0.3, -0.25) is 15.5 Å². The summed E-state index contributed by atoms with van der Waals surface area (Å²) in [6.07, 6.45) is 1.45. The number of anilines is 1. The zero-order valence-corrected chi connectivity index (χ0v) is 15.1. The number of amides is 1. The van der Waals surface area contributed by atoms with Gasteiger partial charge in [0.25, 0.3) is 0 Å². The Labute approximate surface area is 158 Å². The molecule has 3 aromatic rings. The molecule has 1 amide bonds. The third-order valence-electron chi connectivity index (χ3n) is 4.46. The van der Waals surface area contributed by atoms with Gasteiger partial charge in [-0.25, -0.2) is 0 Å². The Morgan fingerprint density at radius 3 is 2.56 bits per heavy atom. The summed E-state index contributed by atoms with van der Waals surface area (Å²) in [7, 11) is 1.65. The maximum absolute atomic E-state index is 10.6. The molecule has 0 radical (unpaired) electrons. The van der Waals surface area contributed by atoms with Crippen molar-refractivity contribution in [1.29, 1.82) is 0 Å². The van der Waals surface area contributed by atoms with Gasteiger partial charge < -0.3 is 10.1 Å². The van der Waals surface area contributed by atoms with Gasteiger partial charge in [0, 0.05) is 12.1 Å². The van der Waals surface area contributed by atoms with Gasteiger partial charge in [0.1, 0.15) is 5.75 Å². The molecule has 0 aliphatic rings. The van der Waals surface area contributed by atoms with Crippen LogP contribution in [0.5, 0.6) is 5.75 Å². The van der Waals surface area contributed by atoms with E-state index in [4.69, 9.17) is 4.74 Å². The molecule has 0 atom stereocenters. The van der Waals surface area contributed by atoms with Gasteiger partial charge in [-0.15, -0.1) is 0 Å². The van der Waals surface area contributed by atoms with Gasteiger partial charge in [0.15, 0.2) is 0 Å². The molecule has 0 bridgehead atoms. The van der Waals surface area contributed by atoms with E-state index in [0.29, 0.717) is 18.6 Å². The van der Waals surface area contributed by atoms with Crippen molar-refractivity contribution < 1.29 is 14.7 Å². The van der Waals surface area contributed by atoms with Crippen LogP contribution in [0, 0.1) is 0 Å². The first-order valence-electron chi connectivity index (χ1n) is 8.66. The van der Waals surface area contributed by atoms with Crippen LogP contribution in [0.1, 0.15) is 16.7 Å². The number of hydrogen-bond acceptors (Lipinski definition) is 4. The average Bonchev–Trinajstić information content (AvgIpc) is 2.73. The minimum atomic E-state index is 0.507. The van der Waals surface area contributed by atoms with Crippen molar-refractivity contribution in [3.8, 4) is 16.9 Å². The summed E-state index contributed by atoms with van der Waals surface area (Å²) in [5.74, 6) is 0.768. The van der Waals surface area contributed by atoms with Crippen LogP contribution in [0.25, 0.3) is 11.1 Å². The summed E-state index contributed by atoms with van der Waals surface area (Å²) in [6.45, 7) is 0.507. The van der Waals surface area contributed by atoms with Gasteiger partial charge in [0.2, 0.25) is 6.41 Å². The molecule has 0 spiro atoms. The van der Waals surface area contributed by atoms with Crippen molar-refractivity contribution in [2.75, 3.05) is 12.6 Å². The molecular formula is C22H22N2O3. The number of ether oxygens (including phenoxy) is 1. The maximum atomic E-state index is 10.6. The van der Waals surface area contributed by atoms with E-state index in [9.17, 15) is 10.0 Å². The number of carbonyl (C=O) groups excluding carboxylic acids is 1. The summed E-state index contributed by atoms with van der Waals surface area (Å²) >= 11 is 0. The lowest BCUT2D eigenvalue weighted by atomic mass is 9.96. The first-order chi connectivity index (χ1) is 13.2. The van der Waals surface area contributed by atoms with Crippen LogP contribution in [0.3, 0.4) is 0 Å². The molecule has 138 valence electrons. The molecule has 0 saturated heterocycles. The van der Waals surface area contributed by atoms with E-state index in [-0.39, 0.29) is 0 Å². The molecule has 0 saturated carbocycles. The molecule has 0 fully saturated rings. The van der Waals surface area contributed by atoms with Crippen LogP contribution < -0.4 is 15.5 Å². The molecule has 3 rings (SSSR count). The van der Waals surface area contributed by atoms with Crippen LogP contribution in [-0.4, -0.2) is 18.7 Å². The van der Waals surface area contributed by atoms with E-state index < -0.39 is 0 Å². The molecule has 0 aliphatic heterocycles. The summed E-state index contributed by atoms with van der Waals surface area (Å²) < 4.78 is 5.52. The Balaban J connectivity index is 1.95. The van der Waals surface area contributed by atoms with E-state index >= 15 is 0 Å². The monoisotopic (exact) mass is 362 g/mol. The number of nitrogens with one attached hydrogen (secondary N) is 2. The quantitative estimate of drug-likeness (QED) is 0.418. The normalized spacial score (nSPS) is 10.3. The molecular weight excluding hydrogens is 340 g/mol. The number of carbonyl (C=O) groups is 1. The standard InChI is InChI=1S/C22H22N2O3/c1-27-22-10-9-16(11-17-5-2-3-6-19(17)14-23-15-25)12-21(22)18-7-4-8-20(13-18)24-26/h2-10,12-13,15,24,26H,11,14H2,1H3,(H,23,25). The second-order valence-electron chi connectivity index (χ2n) is 6.17. The minimum Gasteiger partial charge on any atom is -0.496 e. The highest BCUT2D eigenvalue weighted by atomic mass is 16.5. The highest BCUT2D eigenvalue weighted by Crippen LogP contribution is 2.33. The van der Waals surface area contributed by atoms with Crippen molar-refractivity contribution in [1.82, 2.24) is 5.32 Å². The molecule has 27 heavy (non-hydrogen) atoms. The van der Waals surface area contributed by atoms with Crippen molar-refractivity contribution in [3.63, 3.8) is 0 Å². The Kier molecular flexibility index (Phi) is 6.07. The number of benzene rings is 3. The van der Waals surface area contributed by atoms with E-state index in [1.54, 1.807) is 13.2 Å². The van der Waals surface area contributed by atoms with Gasteiger partial charge in [-0.2, -0.15) is 0 Å². The molecule has 5 heteroatoms. The molecule has 0 aromatic heterocycles. The molecule has 0 unspecified atom stereocenters. The fourth-order valence-electron chi connectivity index (χ4n) is 3.12. The van der Waals surface area contributed by atoms with Crippen molar-refractivity contribution in [2.24, 2.45) is 0 Å². The summed E-state index contributed by atoms with van der Waals surface area (Å²) in [5.41, 5.74) is 8.08. The molecule has 3 N–H and O–H groups in total. The third-order valence-corrected chi connectivity index (χ3v) is 4.46. The SMILES string of the molecule is COc1ccc(Cc2ccccc2CNC=O)cc1-c1cccc(NO)c1. The first kappa shape index (κ1) is 18.5. The lowest BCUT2D eigenvalue weighted by Gasteiger charge is -2.14. The zero-order valence-electron chi connectivity index (χ0n) is 15.1. The van der Waals surface area contributed by atoms with Crippen LogP contribution >= 0.6 is 0 Å². The predicted molar refractivity (Wildman–Crippen MR) is 106 cm³/mol. The van der Waals surface area contributed by atoms with Gasteiger partial charge in [0.05, 0.1) is 12.8 Å². The summed E-state index contributed by atoms with van der Waals surface area (Å²) in [6, 6.07) is 21.7. The topological polar surface area (TPSA) is 70.6 Å². The largest absolute Gasteiger partial charge is 0.496 e. The predicted octanol–water partition coefficient (Wildman–Crippen LogP) is 4.00. The molecule has 3 aromatic carbocycles. The van der Waals surface area contributed by atoms with Crippen LogP contribution in [0.15, 0.2) is 66.7 Å². The van der Waals surface area contributed by atoms with Gasteiger partial charge in [-0.1, -0.05) is 42.5 Å². The Bertz CT molecular complexity index is 925. The van der Waals surface area contributed by atoms with Crippen LogP contribution in [0.4, 0.5) is 5.69 Å². The summed E-state index contributed by atoms with van der Waals surface area (Å²) in [5, 5.41) is 11.9. The lowest BCUT2D eigenvalue weighted by Crippen LogP contribution is -2.11. The second kappa shape index (κ2) is 8.87. The second-order valence-corrected chi connectivity index (χ2v) is 6.17. The van der Waals surface area contributed by atoms with E-state index in [1.165, 1.54) is 0 Å². The maximum Gasteiger partial charge on any atom is 0.207 e. The van der Waals surface area contributed by atoms with Gasteiger partial charge in [-0.05, 0) is 52.9 Å². The van der Waals surface area contributed by atoms with E-state index in [2.05, 4.69) is 22.9 Å². The Morgan fingerprint density at radius 2 is 1.81 bits per heavy atom. The van der Waals surface area contributed by atoms with E-state index in [0.717, 1.165) is 40.0 Å². The van der Waals surface area contributed by atoms with Crippen LogP contribution in [-0.2, 0) is 17.8 Å². The smallest absolute Gasteiger partial charge is 0.207 e. The van der Waals surface area contributed by atoms with Crippen molar-refractivity contribution >= 4 is 12.1 Å². The molecule has 5 nitrogen and oxygen atoms in total. The lowest BCUT2D eigenvalue weighted by molar-refractivity contribution is -0.109. The third kappa shape index (κ3) is 4.46. The number of rotatable bonds is 8. The molecule has 0 heterocycles. The minimum absolute atomic E-state index is 0.507. The van der Waals surface area contributed by atoms with Crippen LogP contribution in [0.2, 0.25) is 0 Å². The fourth-order valence-corrected chi connectivity index (χ4v) is 3.12. The number of hydrogen-bond donors (Lipinski definition) is 3. The Morgan fingerprint density at radius 1 is 1.00 bits per heavy atom. The van der Waals surface area contributed by atoms with Crippen molar-refractivity contribution in [3.05, 3.63) is 83.4 Å². The number of methoxy groups -OCH3 is 1. The van der Waals surface area contributed by atoms with Gasteiger partial charge >= 0.3 is 0 Å².